The zero-order chi connectivity index (χ0) is 25.0. The molecule has 0 saturated carbocycles. The molecule has 10 heteroatoms. The molecule has 0 unspecified atom stereocenters. The van der Waals surface area contributed by atoms with E-state index in [9.17, 15) is 26.4 Å². The minimum Gasteiger partial charge on any atom is -0.361 e. The molecule has 3 heterocycles. The molecule has 3 aromatic rings. The van der Waals surface area contributed by atoms with Crippen molar-refractivity contribution in [1.29, 1.82) is 0 Å². The molecule has 0 atom stereocenters. The number of hydrogen-bond donors (Lipinski definition) is 1. The van der Waals surface area contributed by atoms with Crippen molar-refractivity contribution in [3.8, 4) is 0 Å². The lowest BCUT2D eigenvalue weighted by Crippen LogP contribution is -2.43. The second-order valence-corrected chi connectivity index (χ2v) is 11.3. The van der Waals surface area contributed by atoms with Crippen molar-refractivity contribution in [3.63, 3.8) is 0 Å². The summed E-state index contributed by atoms with van der Waals surface area (Å²) in [6.07, 6.45) is -1.32. The van der Waals surface area contributed by atoms with Gasteiger partial charge in [-0.15, -0.1) is 0 Å². The van der Waals surface area contributed by atoms with Gasteiger partial charge in [0.2, 0.25) is 10.0 Å². The second kappa shape index (κ2) is 8.67. The van der Waals surface area contributed by atoms with Crippen LogP contribution in [0.1, 0.15) is 41.0 Å². The highest BCUT2D eigenvalue weighted by Crippen LogP contribution is 2.36. The summed E-state index contributed by atoms with van der Waals surface area (Å²) < 4.78 is 66.8. The van der Waals surface area contributed by atoms with Crippen molar-refractivity contribution in [1.82, 2.24) is 14.2 Å². The summed E-state index contributed by atoms with van der Waals surface area (Å²) in [5.74, 6) is -1.66. The molecule has 1 fully saturated rings. The summed E-state index contributed by atoms with van der Waals surface area (Å²) in [5, 5.41) is 1.17. The Bertz CT molecular complexity index is 1390. The lowest BCUT2D eigenvalue weighted by molar-refractivity contribution is -0.186. The topological polar surface area (TPSA) is 73.5 Å². The Labute approximate surface area is 201 Å². The van der Waals surface area contributed by atoms with E-state index in [0.29, 0.717) is 31.5 Å². The quantitative estimate of drug-likeness (QED) is 0.570. The van der Waals surface area contributed by atoms with Gasteiger partial charge in [-0.05, 0) is 66.5 Å². The number of aromatic nitrogens is 1. The van der Waals surface area contributed by atoms with Gasteiger partial charge in [0.25, 0.3) is 0 Å². The number of nitrogens with zero attached hydrogens (tertiary/aromatic N) is 2. The number of carbonyl (C=O) groups excluding carboxylic acids is 1. The maximum absolute atomic E-state index is 13.4. The number of sulfonamides is 1. The lowest BCUT2D eigenvalue weighted by atomic mass is 9.90. The average molecular weight is 506 g/mol. The van der Waals surface area contributed by atoms with Crippen LogP contribution in [0, 0.1) is 6.92 Å². The van der Waals surface area contributed by atoms with E-state index in [-0.39, 0.29) is 30.3 Å². The van der Waals surface area contributed by atoms with Crippen LogP contribution < -0.4 is 0 Å². The first kappa shape index (κ1) is 23.9. The summed E-state index contributed by atoms with van der Waals surface area (Å²) >= 11 is 0. The third-order valence-corrected chi connectivity index (χ3v) is 9.10. The Hall–Kier alpha value is -2.85. The Morgan fingerprint density at radius 2 is 1.80 bits per heavy atom. The molecule has 0 bridgehead atoms. The van der Waals surface area contributed by atoms with Crippen LogP contribution >= 0.6 is 0 Å². The first-order chi connectivity index (χ1) is 16.6. The van der Waals surface area contributed by atoms with Gasteiger partial charge in [0, 0.05) is 43.3 Å². The van der Waals surface area contributed by atoms with Crippen molar-refractivity contribution in [2.24, 2.45) is 0 Å². The van der Waals surface area contributed by atoms with Crippen LogP contribution in [0.3, 0.4) is 0 Å². The highest BCUT2D eigenvalue weighted by molar-refractivity contribution is 7.89. The molecule has 1 amide bonds. The fourth-order valence-electron chi connectivity index (χ4n) is 5.27. The van der Waals surface area contributed by atoms with Crippen LogP contribution in [-0.4, -0.2) is 54.3 Å². The predicted octanol–water partition coefficient (Wildman–Crippen LogP) is 4.49. The molecule has 1 saturated heterocycles. The Kier molecular flexibility index (Phi) is 5.91. The van der Waals surface area contributed by atoms with E-state index in [0.717, 1.165) is 21.5 Å². The molecule has 1 N–H and O–H groups in total. The van der Waals surface area contributed by atoms with Gasteiger partial charge in [0.15, 0.2) is 0 Å². The van der Waals surface area contributed by atoms with E-state index >= 15 is 0 Å². The molecular weight excluding hydrogens is 479 g/mol. The van der Waals surface area contributed by atoms with Crippen LogP contribution in [0.5, 0.6) is 0 Å². The standard InChI is InChI=1S/C25H26F3N3O3S/c1-16-3-2-4-21-22(14-29-23(16)21)18-8-11-31(12-9-18)35(33,34)20-6-5-17-7-10-30(15-19(17)13-20)24(32)25(26,27)28/h2-6,13-14,18,29H,7-12,15H2,1H3. The van der Waals surface area contributed by atoms with Gasteiger partial charge in [-0.3, -0.25) is 4.79 Å². The zero-order valence-electron chi connectivity index (χ0n) is 19.2. The number of nitrogens with one attached hydrogen (secondary N) is 1. The predicted molar refractivity (Wildman–Crippen MR) is 125 cm³/mol. The number of amides is 1. The number of benzene rings is 2. The van der Waals surface area contributed by atoms with Gasteiger partial charge < -0.3 is 9.88 Å². The third kappa shape index (κ3) is 4.33. The molecule has 35 heavy (non-hydrogen) atoms. The number of alkyl halides is 3. The Morgan fingerprint density at radius 3 is 2.51 bits per heavy atom. The van der Waals surface area contributed by atoms with Gasteiger partial charge in [0.1, 0.15) is 0 Å². The number of aromatic amines is 1. The van der Waals surface area contributed by atoms with Gasteiger partial charge >= 0.3 is 12.1 Å². The van der Waals surface area contributed by atoms with Crippen molar-refractivity contribution < 1.29 is 26.4 Å². The van der Waals surface area contributed by atoms with Crippen LogP contribution in [0.2, 0.25) is 0 Å². The first-order valence-corrected chi connectivity index (χ1v) is 13.0. The van der Waals surface area contributed by atoms with Crippen molar-refractivity contribution in [2.75, 3.05) is 19.6 Å². The van der Waals surface area contributed by atoms with Crippen molar-refractivity contribution in [3.05, 3.63) is 64.8 Å². The normalized spacial score (nSPS) is 18.1. The smallest absolute Gasteiger partial charge is 0.361 e. The summed E-state index contributed by atoms with van der Waals surface area (Å²) in [6.45, 7) is 2.48. The van der Waals surface area contributed by atoms with Crippen LogP contribution in [0.15, 0.2) is 47.5 Å². The molecule has 2 aliphatic heterocycles. The number of fused-ring (bicyclic) bond motifs is 2. The van der Waals surface area contributed by atoms with Gasteiger partial charge in [-0.25, -0.2) is 8.42 Å². The number of piperidine rings is 1. The highest BCUT2D eigenvalue weighted by Gasteiger charge is 2.43. The van der Waals surface area contributed by atoms with Crippen LogP contribution in [0.25, 0.3) is 10.9 Å². The minimum absolute atomic E-state index is 0.0433. The van der Waals surface area contributed by atoms with Crippen molar-refractivity contribution in [2.45, 2.75) is 49.7 Å². The number of para-hydroxylation sites is 1. The number of carbonyl (C=O) groups is 1. The zero-order valence-corrected chi connectivity index (χ0v) is 20.0. The van der Waals surface area contributed by atoms with Crippen LogP contribution in [0.4, 0.5) is 13.2 Å². The maximum atomic E-state index is 13.4. The van der Waals surface area contributed by atoms with E-state index in [4.69, 9.17) is 0 Å². The summed E-state index contributed by atoms with van der Waals surface area (Å²) in [5.41, 5.74) is 4.67. The maximum Gasteiger partial charge on any atom is 0.471 e. The molecule has 2 aromatic carbocycles. The summed E-state index contributed by atoms with van der Waals surface area (Å²) in [4.78, 5) is 15.8. The molecule has 1 aromatic heterocycles. The van der Waals surface area contributed by atoms with E-state index in [2.05, 4.69) is 24.0 Å². The second-order valence-electron chi connectivity index (χ2n) is 9.32. The van der Waals surface area contributed by atoms with Crippen molar-refractivity contribution >= 4 is 26.8 Å². The fraction of sp³-hybridized carbons (Fsp3) is 0.400. The molecule has 0 spiro atoms. The average Bonchev–Trinajstić information content (AvgIpc) is 3.28. The first-order valence-electron chi connectivity index (χ1n) is 11.6. The van der Waals surface area contributed by atoms with Gasteiger partial charge in [0.05, 0.1) is 4.90 Å². The van der Waals surface area contributed by atoms with Gasteiger partial charge in [-0.1, -0.05) is 24.3 Å². The molecule has 2 aliphatic rings. The Balaban J connectivity index is 1.32. The molecule has 0 radical (unpaired) electrons. The molecule has 186 valence electrons. The molecule has 5 rings (SSSR count). The number of halogens is 3. The van der Waals surface area contributed by atoms with Gasteiger partial charge in [-0.2, -0.15) is 17.5 Å². The van der Waals surface area contributed by atoms with E-state index in [1.807, 2.05) is 12.3 Å². The molecular formula is C25H26F3N3O3S. The summed E-state index contributed by atoms with van der Waals surface area (Å²) in [6, 6.07) is 10.7. The number of hydrogen-bond acceptors (Lipinski definition) is 3. The fourth-order valence-corrected chi connectivity index (χ4v) is 6.79. The molecule has 0 aliphatic carbocycles. The number of H-pyrrole nitrogens is 1. The lowest BCUT2D eigenvalue weighted by Gasteiger charge is -2.32. The van der Waals surface area contributed by atoms with E-state index in [1.165, 1.54) is 27.4 Å². The molecule has 6 nitrogen and oxygen atoms in total. The SMILES string of the molecule is Cc1cccc2c(C3CCN(S(=O)(=O)c4ccc5c(c4)CN(C(=O)C(F)(F)F)CC5)CC3)c[nH]c12. The van der Waals surface area contributed by atoms with E-state index in [1.54, 1.807) is 6.07 Å². The Morgan fingerprint density at radius 1 is 1.06 bits per heavy atom. The van der Waals surface area contributed by atoms with E-state index < -0.39 is 22.1 Å². The highest BCUT2D eigenvalue weighted by atomic mass is 32.2. The third-order valence-electron chi connectivity index (χ3n) is 7.21. The number of aryl methyl sites for hydroxylation is 1. The van der Waals surface area contributed by atoms with Crippen LogP contribution in [-0.2, 0) is 27.8 Å². The number of rotatable bonds is 3. The minimum atomic E-state index is -4.95. The monoisotopic (exact) mass is 505 g/mol. The largest absolute Gasteiger partial charge is 0.471 e. The summed E-state index contributed by atoms with van der Waals surface area (Å²) in [7, 11) is -3.80.